The topological polar surface area (TPSA) is 24.4 Å². The van der Waals surface area contributed by atoms with Gasteiger partial charge in [-0.05, 0) is 37.0 Å². The van der Waals surface area contributed by atoms with Gasteiger partial charge in [-0.25, -0.2) is 0 Å². The Morgan fingerprint density at radius 3 is 2.74 bits per heavy atom. The van der Waals surface area contributed by atoms with E-state index in [-0.39, 0.29) is 0 Å². The van der Waals surface area contributed by atoms with Gasteiger partial charge in [0.25, 0.3) is 0 Å². The van der Waals surface area contributed by atoms with Crippen molar-refractivity contribution < 1.29 is 0 Å². The van der Waals surface area contributed by atoms with E-state index >= 15 is 0 Å². The van der Waals surface area contributed by atoms with E-state index in [9.17, 15) is 0 Å². The molecule has 1 N–H and O–H groups in total. The van der Waals surface area contributed by atoms with Gasteiger partial charge in [0.1, 0.15) is 0 Å². The zero-order chi connectivity index (χ0) is 13.7. The summed E-state index contributed by atoms with van der Waals surface area (Å²) in [4.78, 5) is 4.99. The largest absolute Gasteiger partial charge is 0.313 e. The van der Waals surface area contributed by atoms with Gasteiger partial charge < -0.3 is 5.32 Å². The molecule has 19 heavy (non-hydrogen) atoms. The van der Waals surface area contributed by atoms with Crippen LogP contribution in [0.3, 0.4) is 0 Å². The van der Waals surface area contributed by atoms with Gasteiger partial charge in [-0.1, -0.05) is 37.6 Å². The summed E-state index contributed by atoms with van der Waals surface area (Å²) in [5, 5.41) is 3.39. The van der Waals surface area contributed by atoms with Gasteiger partial charge in [0, 0.05) is 30.9 Å². The molecule has 0 atom stereocenters. The molecule has 2 heteroatoms. The third kappa shape index (κ3) is 3.54. The SMILES string of the molecule is CCCC(=NC1=C(C)CNCC1)c1ccccc1C. The van der Waals surface area contributed by atoms with Gasteiger partial charge in [-0.15, -0.1) is 0 Å². The Morgan fingerprint density at radius 1 is 1.26 bits per heavy atom. The van der Waals surface area contributed by atoms with Gasteiger partial charge >= 0.3 is 0 Å². The average molecular weight is 256 g/mol. The second-order valence-corrected chi connectivity index (χ2v) is 5.28. The summed E-state index contributed by atoms with van der Waals surface area (Å²) < 4.78 is 0. The fourth-order valence-corrected chi connectivity index (χ4v) is 2.50. The molecule has 1 aromatic rings. The quantitative estimate of drug-likeness (QED) is 0.813. The van der Waals surface area contributed by atoms with Gasteiger partial charge in [0.05, 0.1) is 0 Å². The zero-order valence-electron chi connectivity index (χ0n) is 12.3. The number of aliphatic imine (C=N–C) groups is 1. The fourth-order valence-electron chi connectivity index (χ4n) is 2.50. The lowest BCUT2D eigenvalue weighted by Crippen LogP contribution is -2.24. The standard InChI is InChI=1S/C17H24N2/c1-4-7-17(15-9-6-5-8-13(15)2)19-16-10-11-18-12-14(16)3/h5-6,8-9,18H,4,7,10-12H2,1-3H3. The highest BCUT2D eigenvalue weighted by Crippen LogP contribution is 2.19. The van der Waals surface area contributed by atoms with Crippen LogP contribution in [0.2, 0.25) is 0 Å². The molecule has 1 heterocycles. The summed E-state index contributed by atoms with van der Waals surface area (Å²) in [5.74, 6) is 0. The molecule has 0 bridgehead atoms. The Bertz CT molecular complexity index is 498. The molecular formula is C17H24N2. The Balaban J connectivity index is 2.37. The van der Waals surface area contributed by atoms with Gasteiger partial charge in [-0.2, -0.15) is 0 Å². The molecule has 2 nitrogen and oxygen atoms in total. The van der Waals surface area contributed by atoms with Crippen LogP contribution in [-0.4, -0.2) is 18.8 Å². The zero-order valence-corrected chi connectivity index (χ0v) is 12.3. The number of hydrogen-bond acceptors (Lipinski definition) is 2. The molecular weight excluding hydrogens is 232 g/mol. The highest BCUT2D eigenvalue weighted by atomic mass is 14.9. The van der Waals surface area contributed by atoms with Crippen molar-refractivity contribution in [3.63, 3.8) is 0 Å². The van der Waals surface area contributed by atoms with Crippen molar-refractivity contribution in [3.8, 4) is 0 Å². The monoisotopic (exact) mass is 256 g/mol. The van der Waals surface area contributed by atoms with Crippen molar-refractivity contribution in [1.82, 2.24) is 5.32 Å². The summed E-state index contributed by atoms with van der Waals surface area (Å²) in [7, 11) is 0. The van der Waals surface area contributed by atoms with E-state index in [1.54, 1.807) is 0 Å². The van der Waals surface area contributed by atoms with Crippen molar-refractivity contribution in [2.75, 3.05) is 13.1 Å². The summed E-state index contributed by atoms with van der Waals surface area (Å²) in [5.41, 5.74) is 6.54. The van der Waals surface area contributed by atoms with E-state index in [4.69, 9.17) is 4.99 Å². The Hall–Kier alpha value is -1.41. The normalized spacial score (nSPS) is 16.9. The van der Waals surface area contributed by atoms with E-state index in [2.05, 4.69) is 50.4 Å². The van der Waals surface area contributed by atoms with E-state index in [1.807, 2.05) is 0 Å². The van der Waals surface area contributed by atoms with Crippen LogP contribution in [-0.2, 0) is 0 Å². The van der Waals surface area contributed by atoms with Crippen molar-refractivity contribution in [3.05, 3.63) is 46.7 Å². The maximum Gasteiger partial charge on any atom is 0.0481 e. The van der Waals surface area contributed by atoms with Gasteiger partial charge in [-0.3, -0.25) is 4.99 Å². The molecule has 0 fully saturated rings. The molecule has 1 aliphatic heterocycles. The third-order valence-electron chi connectivity index (χ3n) is 3.63. The summed E-state index contributed by atoms with van der Waals surface area (Å²) in [6, 6.07) is 8.57. The number of rotatable bonds is 4. The van der Waals surface area contributed by atoms with Crippen molar-refractivity contribution in [2.45, 2.75) is 40.0 Å². The van der Waals surface area contributed by atoms with Crippen molar-refractivity contribution >= 4 is 5.71 Å². The molecule has 0 saturated heterocycles. The number of benzene rings is 1. The van der Waals surface area contributed by atoms with Crippen LogP contribution in [0.25, 0.3) is 0 Å². The molecule has 0 saturated carbocycles. The first kappa shape index (κ1) is 14.0. The predicted molar refractivity (Wildman–Crippen MR) is 82.8 cm³/mol. The fraction of sp³-hybridized carbons (Fsp3) is 0.471. The third-order valence-corrected chi connectivity index (χ3v) is 3.63. The maximum absolute atomic E-state index is 4.99. The minimum absolute atomic E-state index is 0.978. The van der Waals surface area contributed by atoms with Crippen molar-refractivity contribution in [2.24, 2.45) is 4.99 Å². The molecule has 0 amide bonds. The van der Waals surface area contributed by atoms with E-state index in [0.717, 1.165) is 32.4 Å². The van der Waals surface area contributed by atoms with E-state index < -0.39 is 0 Å². The lowest BCUT2D eigenvalue weighted by molar-refractivity contribution is 0.671. The highest BCUT2D eigenvalue weighted by molar-refractivity contribution is 6.02. The van der Waals surface area contributed by atoms with Crippen LogP contribution >= 0.6 is 0 Å². The number of nitrogens with zero attached hydrogens (tertiary/aromatic N) is 1. The average Bonchev–Trinajstić information content (AvgIpc) is 2.41. The van der Waals surface area contributed by atoms with Crippen LogP contribution in [0.4, 0.5) is 0 Å². The maximum atomic E-state index is 4.99. The minimum Gasteiger partial charge on any atom is -0.313 e. The lowest BCUT2D eigenvalue weighted by atomic mass is 10.00. The molecule has 0 aliphatic carbocycles. The summed E-state index contributed by atoms with van der Waals surface area (Å²) in [6.07, 6.45) is 3.23. The molecule has 1 aromatic carbocycles. The second kappa shape index (κ2) is 6.67. The molecule has 102 valence electrons. The summed E-state index contributed by atoms with van der Waals surface area (Å²) in [6.45, 7) is 8.60. The molecule has 0 aromatic heterocycles. The number of nitrogens with one attached hydrogen (secondary N) is 1. The molecule has 0 radical (unpaired) electrons. The molecule has 0 unspecified atom stereocenters. The second-order valence-electron chi connectivity index (χ2n) is 5.28. The van der Waals surface area contributed by atoms with Gasteiger partial charge in [0.2, 0.25) is 0 Å². The predicted octanol–water partition coefficient (Wildman–Crippen LogP) is 3.85. The van der Waals surface area contributed by atoms with E-state index in [0.29, 0.717) is 0 Å². The van der Waals surface area contributed by atoms with Crippen LogP contribution < -0.4 is 5.32 Å². The molecule has 2 rings (SSSR count). The Morgan fingerprint density at radius 2 is 2.05 bits per heavy atom. The first-order valence-corrected chi connectivity index (χ1v) is 7.25. The van der Waals surface area contributed by atoms with Crippen LogP contribution in [0, 0.1) is 6.92 Å². The lowest BCUT2D eigenvalue weighted by Gasteiger charge is -2.17. The minimum atomic E-state index is 0.978. The van der Waals surface area contributed by atoms with Crippen LogP contribution in [0.1, 0.15) is 44.2 Å². The van der Waals surface area contributed by atoms with E-state index in [1.165, 1.54) is 28.1 Å². The summed E-state index contributed by atoms with van der Waals surface area (Å²) >= 11 is 0. The molecule has 1 aliphatic rings. The van der Waals surface area contributed by atoms with Crippen LogP contribution in [0.15, 0.2) is 40.5 Å². The number of aryl methyl sites for hydroxylation is 1. The highest BCUT2D eigenvalue weighted by Gasteiger charge is 2.11. The van der Waals surface area contributed by atoms with Gasteiger partial charge in [0.15, 0.2) is 0 Å². The Labute approximate surface area is 116 Å². The first-order chi connectivity index (χ1) is 9.22. The molecule has 0 spiro atoms. The Kier molecular flexibility index (Phi) is 4.92. The smallest absolute Gasteiger partial charge is 0.0481 e. The van der Waals surface area contributed by atoms with Crippen molar-refractivity contribution in [1.29, 1.82) is 0 Å². The first-order valence-electron chi connectivity index (χ1n) is 7.25. The van der Waals surface area contributed by atoms with Crippen LogP contribution in [0.5, 0.6) is 0 Å². The number of hydrogen-bond donors (Lipinski definition) is 1.